The van der Waals surface area contributed by atoms with Crippen LogP contribution >= 0.6 is 23.2 Å². The Bertz CT molecular complexity index is 1640. The Hall–Kier alpha value is -4.68. The molecule has 0 N–H and O–H groups in total. The summed E-state index contributed by atoms with van der Waals surface area (Å²) in [5.41, 5.74) is 6.18. The fourth-order valence-corrected chi connectivity index (χ4v) is 6.52. The predicted octanol–water partition coefficient (Wildman–Crippen LogP) is 7.17. The van der Waals surface area contributed by atoms with E-state index in [4.69, 9.17) is 23.2 Å². The highest BCUT2D eigenvalue weighted by Crippen LogP contribution is 2.31. The summed E-state index contributed by atoms with van der Waals surface area (Å²) < 4.78 is 0. The monoisotopic (exact) mass is 692 g/mol. The molecule has 4 heterocycles. The number of piperazine rings is 2. The standard InChI is InChI=1S/2C17H19ClN4O2/c2*1-12-9-13(2)19-17(10-12)21-7-5-20(6-8-21)14-3-4-16(22(23)24)15(18)11-14/h2*3-4,9-11H,5-8H2,1-2H3. The van der Waals surface area contributed by atoms with Gasteiger partial charge in [-0.25, -0.2) is 9.97 Å². The van der Waals surface area contributed by atoms with Crippen LogP contribution in [0.25, 0.3) is 0 Å². The average Bonchev–Trinajstić information content (AvgIpc) is 3.04. The first-order valence-corrected chi connectivity index (χ1v) is 16.4. The van der Waals surface area contributed by atoms with Gasteiger partial charge in [0.2, 0.25) is 0 Å². The number of anilines is 4. The second kappa shape index (κ2) is 15.0. The minimum Gasteiger partial charge on any atom is -0.368 e. The van der Waals surface area contributed by atoms with E-state index in [9.17, 15) is 20.2 Å². The maximum Gasteiger partial charge on any atom is 0.288 e. The number of nitrogens with zero attached hydrogens (tertiary/aromatic N) is 8. The highest BCUT2D eigenvalue weighted by atomic mass is 35.5. The molecule has 4 aromatic rings. The number of aryl methyl sites for hydroxylation is 4. The van der Waals surface area contributed by atoms with E-state index in [1.807, 2.05) is 13.8 Å². The molecule has 2 saturated heterocycles. The van der Waals surface area contributed by atoms with Gasteiger partial charge < -0.3 is 19.6 Å². The van der Waals surface area contributed by atoms with Gasteiger partial charge in [-0.05, 0) is 87.4 Å². The molecule has 0 saturated carbocycles. The molecular weight excluding hydrogens is 655 g/mol. The van der Waals surface area contributed by atoms with Crippen LogP contribution in [-0.2, 0) is 0 Å². The molecule has 6 rings (SSSR count). The van der Waals surface area contributed by atoms with E-state index in [2.05, 4.69) is 67.7 Å². The van der Waals surface area contributed by atoms with E-state index in [0.29, 0.717) is 0 Å². The van der Waals surface area contributed by atoms with Crippen LogP contribution in [0, 0.1) is 47.9 Å². The lowest BCUT2D eigenvalue weighted by Crippen LogP contribution is -2.46. The quantitative estimate of drug-likeness (QED) is 0.152. The summed E-state index contributed by atoms with van der Waals surface area (Å²) >= 11 is 12.0. The van der Waals surface area contributed by atoms with Crippen LogP contribution in [0.15, 0.2) is 60.7 Å². The van der Waals surface area contributed by atoms with Gasteiger partial charge in [-0.15, -0.1) is 0 Å². The van der Waals surface area contributed by atoms with E-state index >= 15 is 0 Å². The molecule has 0 bridgehead atoms. The minimum atomic E-state index is -0.463. The van der Waals surface area contributed by atoms with Crippen LogP contribution in [0.3, 0.4) is 0 Å². The van der Waals surface area contributed by atoms with Crippen molar-refractivity contribution in [1.82, 2.24) is 9.97 Å². The van der Waals surface area contributed by atoms with Gasteiger partial charge in [0.25, 0.3) is 11.4 Å². The molecule has 14 heteroatoms. The van der Waals surface area contributed by atoms with Gasteiger partial charge in [0, 0.05) is 87.3 Å². The Kier molecular flexibility index (Phi) is 10.9. The summed E-state index contributed by atoms with van der Waals surface area (Å²) in [5, 5.41) is 22.1. The van der Waals surface area contributed by atoms with E-state index in [1.54, 1.807) is 24.3 Å². The molecule has 0 aliphatic carbocycles. The smallest absolute Gasteiger partial charge is 0.288 e. The molecule has 2 aromatic heterocycles. The zero-order valence-electron chi connectivity index (χ0n) is 27.4. The maximum absolute atomic E-state index is 10.9. The van der Waals surface area contributed by atoms with E-state index in [-0.39, 0.29) is 21.4 Å². The van der Waals surface area contributed by atoms with Crippen molar-refractivity contribution in [3.05, 3.63) is 113 Å². The molecule has 2 aromatic carbocycles. The van der Waals surface area contributed by atoms with Crippen LogP contribution < -0.4 is 19.6 Å². The Labute approximate surface area is 289 Å². The molecule has 48 heavy (non-hydrogen) atoms. The molecule has 12 nitrogen and oxygen atoms in total. The molecule has 0 atom stereocenters. The van der Waals surface area contributed by atoms with Crippen LogP contribution in [0.5, 0.6) is 0 Å². The van der Waals surface area contributed by atoms with Gasteiger partial charge in [-0.3, -0.25) is 20.2 Å². The summed E-state index contributed by atoms with van der Waals surface area (Å²) in [4.78, 5) is 38.9. The lowest BCUT2D eigenvalue weighted by Gasteiger charge is -2.37. The van der Waals surface area contributed by atoms with Gasteiger partial charge in [-0.1, -0.05) is 23.2 Å². The topological polar surface area (TPSA) is 125 Å². The summed E-state index contributed by atoms with van der Waals surface area (Å²) in [6.45, 7) is 14.9. The minimum absolute atomic E-state index is 0.0570. The van der Waals surface area contributed by atoms with Gasteiger partial charge in [-0.2, -0.15) is 0 Å². The fraction of sp³-hybridized carbons (Fsp3) is 0.353. The molecule has 2 fully saturated rings. The first-order valence-electron chi connectivity index (χ1n) is 15.7. The Morgan fingerprint density at radius 2 is 0.875 bits per heavy atom. The number of pyridine rings is 2. The predicted molar refractivity (Wildman–Crippen MR) is 192 cm³/mol. The highest BCUT2D eigenvalue weighted by molar-refractivity contribution is 6.33. The van der Waals surface area contributed by atoms with Crippen LogP contribution in [0.4, 0.5) is 34.4 Å². The Balaban J connectivity index is 0.000000188. The van der Waals surface area contributed by atoms with Crippen LogP contribution in [0.2, 0.25) is 10.0 Å². The lowest BCUT2D eigenvalue weighted by molar-refractivity contribution is -0.384. The number of hydrogen-bond donors (Lipinski definition) is 0. The number of nitro groups is 2. The number of halogens is 2. The Morgan fingerprint density at radius 3 is 1.17 bits per heavy atom. The van der Waals surface area contributed by atoms with Crippen LogP contribution in [-0.4, -0.2) is 72.2 Å². The van der Waals surface area contributed by atoms with Crippen LogP contribution in [0.1, 0.15) is 22.5 Å². The third-order valence-corrected chi connectivity index (χ3v) is 8.97. The van der Waals surface area contributed by atoms with Gasteiger partial charge in [0.05, 0.1) is 9.85 Å². The number of benzene rings is 2. The molecule has 2 aliphatic rings. The van der Waals surface area contributed by atoms with Crippen molar-refractivity contribution in [2.45, 2.75) is 27.7 Å². The molecule has 0 radical (unpaired) electrons. The third-order valence-electron chi connectivity index (χ3n) is 8.36. The second-order valence-corrected chi connectivity index (χ2v) is 12.8. The second-order valence-electron chi connectivity index (χ2n) is 12.0. The highest BCUT2D eigenvalue weighted by Gasteiger charge is 2.22. The molecule has 252 valence electrons. The molecule has 0 amide bonds. The van der Waals surface area contributed by atoms with Gasteiger partial charge in [0.15, 0.2) is 0 Å². The van der Waals surface area contributed by atoms with Gasteiger partial charge in [0.1, 0.15) is 21.7 Å². The number of nitro benzene ring substituents is 2. The van der Waals surface area contributed by atoms with Crippen molar-refractivity contribution >= 4 is 57.6 Å². The number of rotatable bonds is 6. The summed E-state index contributed by atoms with van der Waals surface area (Å²) in [5.74, 6) is 2.02. The van der Waals surface area contributed by atoms with E-state index in [0.717, 1.165) is 86.8 Å². The number of aromatic nitrogens is 2. The summed E-state index contributed by atoms with van der Waals surface area (Å²) in [6, 6.07) is 18.1. The van der Waals surface area contributed by atoms with Crippen molar-refractivity contribution in [2.24, 2.45) is 0 Å². The largest absolute Gasteiger partial charge is 0.368 e. The molecule has 0 unspecified atom stereocenters. The number of hydrogen-bond acceptors (Lipinski definition) is 10. The molecular formula is C34H38Cl2N8O4. The molecule has 0 spiro atoms. The first kappa shape index (κ1) is 34.6. The first-order chi connectivity index (χ1) is 22.9. The summed E-state index contributed by atoms with van der Waals surface area (Å²) in [6.07, 6.45) is 0. The van der Waals surface area contributed by atoms with Crippen molar-refractivity contribution < 1.29 is 9.85 Å². The SMILES string of the molecule is Cc1cc(C)nc(N2CCN(c3ccc([N+](=O)[O-])c(Cl)c3)CC2)c1.Cc1cc(C)nc(N2CCN(c3ccc([N+](=O)[O-])c(Cl)c3)CC2)c1. The third kappa shape index (κ3) is 8.42. The summed E-state index contributed by atoms with van der Waals surface area (Å²) in [7, 11) is 0. The van der Waals surface area contributed by atoms with Crippen molar-refractivity contribution in [3.63, 3.8) is 0 Å². The fourth-order valence-electron chi connectivity index (χ4n) is 6.03. The van der Waals surface area contributed by atoms with E-state index in [1.165, 1.54) is 23.3 Å². The lowest BCUT2D eigenvalue weighted by atomic mass is 10.2. The Morgan fingerprint density at radius 1 is 0.542 bits per heavy atom. The van der Waals surface area contributed by atoms with Crippen molar-refractivity contribution in [3.8, 4) is 0 Å². The van der Waals surface area contributed by atoms with E-state index < -0.39 is 9.85 Å². The van der Waals surface area contributed by atoms with Crippen molar-refractivity contribution in [2.75, 3.05) is 72.0 Å². The van der Waals surface area contributed by atoms with Crippen molar-refractivity contribution in [1.29, 1.82) is 0 Å². The average molecular weight is 694 g/mol. The zero-order chi connectivity index (χ0) is 34.5. The normalized spacial score (nSPS) is 14.8. The zero-order valence-corrected chi connectivity index (χ0v) is 28.9. The van der Waals surface area contributed by atoms with Gasteiger partial charge >= 0.3 is 0 Å². The molecule has 2 aliphatic heterocycles. The maximum atomic E-state index is 10.9.